The Morgan fingerprint density at radius 2 is 1.70 bits per heavy atom. The molecule has 134 valence electrons. The maximum absolute atomic E-state index is 6.39. The van der Waals surface area contributed by atoms with Gasteiger partial charge >= 0.3 is 0 Å². The van der Waals surface area contributed by atoms with Gasteiger partial charge in [-0.25, -0.2) is 0 Å². The van der Waals surface area contributed by atoms with Crippen LogP contribution in [0.3, 0.4) is 0 Å². The summed E-state index contributed by atoms with van der Waals surface area (Å²) in [6.07, 6.45) is 4.27. The highest BCUT2D eigenvalue weighted by Crippen LogP contribution is 2.46. The average Bonchev–Trinajstić information content (AvgIpc) is 3.17. The molecule has 1 aromatic heterocycles. The van der Waals surface area contributed by atoms with Gasteiger partial charge in [0.2, 0.25) is 0 Å². The highest BCUT2D eigenvalue weighted by Gasteiger charge is 2.31. The molecule has 0 bridgehead atoms. The normalized spacial score (nSPS) is 18.9. The van der Waals surface area contributed by atoms with Gasteiger partial charge in [-0.1, -0.05) is 73.7 Å². The average molecular weight is 353 g/mol. The zero-order chi connectivity index (χ0) is 18.2. The summed E-state index contributed by atoms with van der Waals surface area (Å²) in [4.78, 5) is 3.55. The molecule has 2 nitrogen and oxygen atoms in total. The summed E-state index contributed by atoms with van der Waals surface area (Å²) < 4.78 is 6.39. The largest absolute Gasteiger partial charge is 0.485 e. The summed E-state index contributed by atoms with van der Waals surface area (Å²) in [6.45, 7) is 2.21. The second-order valence-corrected chi connectivity index (χ2v) is 7.28. The van der Waals surface area contributed by atoms with Crippen molar-refractivity contribution in [1.29, 1.82) is 0 Å². The van der Waals surface area contributed by atoms with Gasteiger partial charge < -0.3 is 9.72 Å². The second-order valence-electron chi connectivity index (χ2n) is 7.28. The van der Waals surface area contributed by atoms with Gasteiger partial charge in [-0.2, -0.15) is 0 Å². The molecule has 2 heteroatoms. The van der Waals surface area contributed by atoms with Crippen LogP contribution in [-0.2, 0) is 6.42 Å². The number of aromatic nitrogens is 1. The van der Waals surface area contributed by atoms with Crippen LogP contribution in [-0.4, -0.2) is 4.98 Å². The molecule has 0 fully saturated rings. The van der Waals surface area contributed by atoms with Gasteiger partial charge in [-0.15, -0.1) is 0 Å². The minimum Gasteiger partial charge on any atom is -0.485 e. The van der Waals surface area contributed by atoms with Crippen molar-refractivity contribution in [3.63, 3.8) is 0 Å². The Kier molecular flexibility index (Phi) is 3.97. The van der Waals surface area contributed by atoms with Crippen LogP contribution in [0.15, 0.2) is 79.0 Å². The number of nitrogens with one attached hydrogen (secondary N) is 1. The van der Waals surface area contributed by atoms with Crippen molar-refractivity contribution >= 4 is 10.9 Å². The molecule has 0 saturated carbocycles. The van der Waals surface area contributed by atoms with E-state index in [1.165, 1.54) is 33.2 Å². The molecule has 2 unspecified atom stereocenters. The fourth-order valence-corrected chi connectivity index (χ4v) is 4.41. The molecule has 0 amide bonds. The van der Waals surface area contributed by atoms with Gasteiger partial charge in [-0.05, 0) is 35.6 Å². The molecule has 1 N–H and O–H groups in total. The number of aryl methyl sites for hydroxylation is 1. The van der Waals surface area contributed by atoms with E-state index in [9.17, 15) is 0 Å². The smallest absolute Gasteiger partial charge is 0.125 e. The molecule has 2 heterocycles. The molecular weight excluding hydrogens is 330 g/mol. The van der Waals surface area contributed by atoms with Crippen molar-refractivity contribution in [3.8, 4) is 5.75 Å². The lowest BCUT2D eigenvalue weighted by molar-refractivity contribution is 0.168. The first-order chi connectivity index (χ1) is 13.3. The molecule has 3 aromatic carbocycles. The predicted molar refractivity (Wildman–Crippen MR) is 110 cm³/mol. The third-order valence-corrected chi connectivity index (χ3v) is 5.77. The van der Waals surface area contributed by atoms with Gasteiger partial charge in [0.25, 0.3) is 0 Å². The van der Waals surface area contributed by atoms with Crippen LogP contribution >= 0.6 is 0 Å². The molecule has 0 radical (unpaired) electrons. The van der Waals surface area contributed by atoms with E-state index in [-0.39, 0.29) is 6.10 Å². The van der Waals surface area contributed by atoms with Crippen molar-refractivity contribution in [2.75, 3.05) is 0 Å². The Hall–Kier alpha value is -3.00. The molecule has 5 rings (SSSR count). The molecule has 2 atom stereocenters. The van der Waals surface area contributed by atoms with Crippen molar-refractivity contribution in [2.45, 2.75) is 31.8 Å². The number of H-pyrrole nitrogens is 1. The fourth-order valence-electron chi connectivity index (χ4n) is 4.41. The molecule has 0 saturated heterocycles. The van der Waals surface area contributed by atoms with Gasteiger partial charge in [0, 0.05) is 28.6 Å². The second kappa shape index (κ2) is 6.62. The Morgan fingerprint density at radius 3 is 2.56 bits per heavy atom. The first-order valence-corrected chi connectivity index (χ1v) is 9.74. The summed E-state index contributed by atoms with van der Waals surface area (Å²) in [6, 6.07) is 25.7. The predicted octanol–water partition coefficient (Wildman–Crippen LogP) is 6.39. The van der Waals surface area contributed by atoms with Crippen LogP contribution in [0.1, 0.15) is 47.6 Å². The highest BCUT2D eigenvalue weighted by atomic mass is 16.5. The standard InChI is InChI=1S/C25H23NO/c1-2-17-11-8-13-20-22(16-26-25(17)20)21-15-24(18-9-4-3-5-10-18)27-23-14-7-6-12-19(21)23/h3-14,16,21,24,26H,2,15H2,1H3. The molecular formula is C25H23NO. The van der Waals surface area contributed by atoms with Crippen LogP contribution in [0.2, 0.25) is 0 Å². The number of hydrogen-bond donors (Lipinski definition) is 1. The number of aromatic amines is 1. The monoisotopic (exact) mass is 353 g/mol. The van der Waals surface area contributed by atoms with Crippen molar-refractivity contribution in [3.05, 3.63) is 101 Å². The zero-order valence-electron chi connectivity index (χ0n) is 15.5. The van der Waals surface area contributed by atoms with Crippen molar-refractivity contribution < 1.29 is 4.74 Å². The maximum atomic E-state index is 6.39. The van der Waals surface area contributed by atoms with E-state index < -0.39 is 0 Å². The number of benzene rings is 3. The van der Waals surface area contributed by atoms with E-state index in [4.69, 9.17) is 4.74 Å². The summed E-state index contributed by atoms with van der Waals surface area (Å²) in [5.74, 6) is 1.32. The van der Waals surface area contributed by atoms with E-state index in [0.717, 1.165) is 18.6 Å². The van der Waals surface area contributed by atoms with E-state index in [1.54, 1.807) is 0 Å². The molecule has 4 aromatic rings. The van der Waals surface area contributed by atoms with E-state index in [2.05, 4.69) is 90.9 Å². The van der Waals surface area contributed by atoms with Crippen LogP contribution in [0, 0.1) is 0 Å². The topological polar surface area (TPSA) is 25.0 Å². The molecule has 1 aliphatic rings. The molecule has 1 aliphatic heterocycles. The quantitative estimate of drug-likeness (QED) is 0.454. The Bertz CT molecular complexity index is 1080. The van der Waals surface area contributed by atoms with Crippen LogP contribution in [0.25, 0.3) is 10.9 Å². The van der Waals surface area contributed by atoms with E-state index >= 15 is 0 Å². The fraction of sp³-hybridized carbons (Fsp3) is 0.200. The Labute approximate surface area is 159 Å². The number of para-hydroxylation sites is 2. The number of ether oxygens (including phenoxy) is 1. The third-order valence-electron chi connectivity index (χ3n) is 5.77. The van der Waals surface area contributed by atoms with Crippen LogP contribution in [0.5, 0.6) is 5.75 Å². The van der Waals surface area contributed by atoms with Gasteiger partial charge in [-0.3, -0.25) is 0 Å². The number of hydrogen-bond acceptors (Lipinski definition) is 1. The Morgan fingerprint density at radius 1 is 0.889 bits per heavy atom. The third kappa shape index (κ3) is 2.73. The number of rotatable bonds is 3. The first kappa shape index (κ1) is 16.2. The zero-order valence-corrected chi connectivity index (χ0v) is 15.5. The summed E-state index contributed by atoms with van der Waals surface area (Å²) in [7, 11) is 0. The van der Waals surface area contributed by atoms with E-state index in [0.29, 0.717) is 5.92 Å². The minimum absolute atomic E-state index is 0.0745. The number of fused-ring (bicyclic) bond motifs is 2. The summed E-state index contributed by atoms with van der Waals surface area (Å²) in [5.41, 5.74) is 6.55. The highest BCUT2D eigenvalue weighted by molar-refractivity contribution is 5.87. The minimum atomic E-state index is 0.0745. The van der Waals surface area contributed by atoms with Gasteiger partial charge in [0.1, 0.15) is 11.9 Å². The van der Waals surface area contributed by atoms with Crippen LogP contribution < -0.4 is 4.74 Å². The summed E-state index contributed by atoms with van der Waals surface area (Å²) >= 11 is 0. The van der Waals surface area contributed by atoms with Gasteiger partial charge in [0.15, 0.2) is 0 Å². The van der Waals surface area contributed by atoms with Crippen molar-refractivity contribution in [2.24, 2.45) is 0 Å². The lowest BCUT2D eigenvalue weighted by Crippen LogP contribution is -2.19. The summed E-state index contributed by atoms with van der Waals surface area (Å²) in [5, 5.41) is 1.34. The molecule has 0 aliphatic carbocycles. The SMILES string of the molecule is CCc1cccc2c(C3CC(c4ccccc4)Oc4ccccc43)c[nH]c12. The molecule has 0 spiro atoms. The van der Waals surface area contributed by atoms with Crippen molar-refractivity contribution in [1.82, 2.24) is 4.98 Å². The first-order valence-electron chi connectivity index (χ1n) is 9.74. The Balaban J connectivity index is 1.64. The lowest BCUT2D eigenvalue weighted by atomic mass is 9.82. The molecule has 27 heavy (non-hydrogen) atoms. The lowest BCUT2D eigenvalue weighted by Gasteiger charge is -2.32. The van der Waals surface area contributed by atoms with E-state index in [1.807, 2.05) is 0 Å². The maximum Gasteiger partial charge on any atom is 0.125 e. The van der Waals surface area contributed by atoms with Gasteiger partial charge in [0.05, 0.1) is 0 Å². The van der Waals surface area contributed by atoms with Crippen LogP contribution in [0.4, 0.5) is 0 Å².